The summed E-state index contributed by atoms with van der Waals surface area (Å²) in [6.07, 6.45) is -4.77. The zero-order valence-corrected chi connectivity index (χ0v) is 19.3. The lowest BCUT2D eigenvalue weighted by atomic mass is 9.94. The van der Waals surface area contributed by atoms with Crippen LogP contribution in [0.2, 0.25) is 5.02 Å². The van der Waals surface area contributed by atoms with Crippen molar-refractivity contribution in [3.05, 3.63) is 69.6 Å². The molecule has 0 fully saturated rings. The van der Waals surface area contributed by atoms with Crippen LogP contribution < -0.4 is 20.1 Å². The van der Waals surface area contributed by atoms with Gasteiger partial charge in [0.25, 0.3) is 11.7 Å². The van der Waals surface area contributed by atoms with Gasteiger partial charge >= 0.3 is 6.18 Å². The van der Waals surface area contributed by atoms with Crippen molar-refractivity contribution in [3.63, 3.8) is 0 Å². The molecule has 1 unspecified atom stereocenters. The second-order valence-electron chi connectivity index (χ2n) is 8.09. The van der Waals surface area contributed by atoms with Crippen LogP contribution >= 0.6 is 11.6 Å². The van der Waals surface area contributed by atoms with E-state index in [1.807, 2.05) is 6.92 Å². The number of aryl methyl sites for hydroxylation is 1. The number of carbonyl (C=O) groups is 1. The van der Waals surface area contributed by atoms with Crippen molar-refractivity contribution in [2.24, 2.45) is 0 Å². The van der Waals surface area contributed by atoms with Gasteiger partial charge in [0.2, 0.25) is 5.95 Å². The Morgan fingerprint density at radius 2 is 1.89 bits per heavy atom. The molecule has 0 radical (unpaired) electrons. The lowest BCUT2D eigenvalue weighted by molar-refractivity contribution is -0.145. The maximum absolute atomic E-state index is 13.5. The van der Waals surface area contributed by atoms with Gasteiger partial charge in [-0.15, -0.1) is 5.10 Å². The fourth-order valence-electron chi connectivity index (χ4n) is 3.97. The van der Waals surface area contributed by atoms with Gasteiger partial charge in [0, 0.05) is 16.4 Å². The number of fused-ring (bicyclic) bond motifs is 2. The van der Waals surface area contributed by atoms with Gasteiger partial charge in [-0.05, 0) is 49.2 Å². The summed E-state index contributed by atoms with van der Waals surface area (Å²) in [4.78, 5) is 17.1. The van der Waals surface area contributed by atoms with Crippen LogP contribution in [0.25, 0.3) is 0 Å². The normalized spacial score (nSPS) is 17.0. The molecule has 182 valence electrons. The van der Waals surface area contributed by atoms with Gasteiger partial charge in [0.15, 0.2) is 11.5 Å². The first kappa shape index (κ1) is 23.0. The number of nitrogens with zero attached hydrogens (tertiary/aromatic N) is 3. The number of nitrogens with one attached hydrogen (secondary N) is 2. The van der Waals surface area contributed by atoms with Gasteiger partial charge in [0.05, 0.1) is 5.57 Å². The maximum atomic E-state index is 13.5. The lowest BCUT2D eigenvalue weighted by Crippen LogP contribution is -2.31. The smallest absolute Gasteiger partial charge is 0.453 e. The van der Waals surface area contributed by atoms with Crippen LogP contribution in [0.4, 0.5) is 24.8 Å². The van der Waals surface area contributed by atoms with Gasteiger partial charge in [-0.3, -0.25) is 4.79 Å². The molecule has 2 aliphatic rings. The standard InChI is InChI=1S/C23H19ClF3N5O3/c1-11-3-5-14(10-15(11)24)29-20(33)18-12(2)28-22-30-21(23(25,26)27)31-32(22)19(18)13-4-6-16-17(9-13)35-8-7-34-16/h3-6,9-10,19H,7-8H2,1-2H3,(H,29,33)(H,28,30,31). The van der Waals surface area contributed by atoms with E-state index >= 15 is 0 Å². The Kier molecular flexibility index (Phi) is 5.59. The summed E-state index contributed by atoms with van der Waals surface area (Å²) >= 11 is 6.19. The van der Waals surface area contributed by atoms with Crippen LogP contribution in [-0.2, 0) is 11.0 Å². The first-order chi connectivity index (χ1) is 16.6. The van der Waals surface area contributed by atoms with Crippen molar-refractivity contribution in [2.45, 2.75) is 26.1 Å². The van der Waals surface area contributed by atoms with Crippen LogP contribution in [0.15, 0.2) is 47.7 Å². The van der Waals surface area contributed by atoms with Gasteiger partial charge in [-0.1, -0.05) is 23.7 Å². The predicted molar refractivity (Wildman–Crippen MR) is 122 cm³/mol. The minimum absolute atomic E-state index is 0.135. The molecule has 0 saturated carbocycles. The fraction of sp³-hybridized carbons (Fsp3) is 0.261. The van der Waals surface area contributed by atoms with E-state index in [0.29, 0.717) is 46.7 Å². The van der Waals surface area contributed by atoms with Crippen molar-refractivity contribution >= 4 is 29.1 Å². The third kappa shape index (κ3) is 4.27. The highest BCUT2D eigenvalue weighted by molar-refractivity contribution is 6.31. The zero-order chi connectivity index (χ0) is 24.9. The quantitative estimate of drug-likeness (QED) is 0.523. The molecular formula is C23H19ClF3N5O3. The van der Waals surface area contributed by atoms with Crippen LogP contribution in [0, 0.1) is 6.92 Å². The van der Waals surface area contributed by atoms with E-state index in [4.69, 9.17) is 21.1 Å². The third-order valence-electron chi connectivity index (χ3n) is 5.66. The number of halogens is 4. The molecule has 1 atom stereocenters. The van der Waals surface area contributed by atoms with E-state index in [2.05, 4.69) is 20.7 Å². The SMILES string of the molecule is CC1=C(C(=O)Nc2ccc(C)c(Cl)c2)C(c2ccc3c(c2)OCCO3)n2nc(C(F)(F)F)nc2N1. The van der Waals surface area contributed by atoms with Crippen molar-refractivity contribution in [1.29, 1.82) is 0 Å². The number of rotatable bonds is 3. The molecule has 3 heterocycles. The Labute approximate surface area is 202 Å². The average molecular weight is 506 g/mol. The van der Waals surface area contributed by atoms with E-state index in [9.17, 15) is 18.0 Å². The number of hydrogen-bond acceptors (Lipinski definition) is 6. The van der Waals surface area contributed by atoms with E-state index in [1.165, 1.54) is 0 Å². The third-order valence-corrected chi connectivity index (χ3v) is 6.07. The number of allylic oxidation sites excluding steroid dienone is 1. The minimum Gasteiger partial charge on any atom is -0.486 e. The number of anilines is 2. The summed E-state index contributed by atoms with van der Waals surface area (Å²) in [6, 6.07) is 8.96. The average Bonchev–Trinajstić information content (AvgIpc) is 3.24. The molecule has 2 aromatic carbocycles. The Morgan fingerprint density at radius 3 is 2.60 bits per heavy atom. The highest BCUT2D eigenvalue weighted by Crippen LogP contribution is 2.41. The van der Waals surface area contributed by atoms with Crippen LogP contribution in [0.1, 0.15) is 29.9 Å². The first-order valence-electron chi connectivity index (χ1n) is 10.6. The number of alkyl halides is 3. The number of hydrogen-bond donors (Lipinski definition) is 2. The zero-order valence-electron chi connectivity index (χ0n) is 18.5. The summed E-state index contributed by atoms with van der Waals surface area (Å²) in [5.41, 5.74) is 2.23. The van der Waals surface area contributed by atoms with Crippen molar-refractivity contribution in [3.8, 4) is 11.5 Å². The molecule has 0 saturated heterocycles. The topological polar surface area (TPSA) is 90.3 Å². The van der Waals surface area contributed by atoms with Gasteiger partial charge in [-0.2, -0.15) is 18.2 Å². The van der Waals surface area contributed by atoms with Crippen molar-refractivity contribution in [2.75, 3.05) is 23.8 Å². The van der Waals surface area contributed by atoms with E-state index in [0.717, 1.165) is 10.2 Å². The molecule has 35 heavy (non-hydrogen) atoms. The molecule has 5 rings (SSSR count). The van der Waals surface area contributed by atoms with E-state index in [1.54, 1.807) is 43.3 Å². The molecule has 1 amide bonds. The molecule has 8 nitrogen and oxygen atoms in total. The molecule has 1 aromatic heterocycles. The van der Waals surface area contributed by atoms with Crippen LogP contribution in [-0.4, -0.2) is 33.9 Å². The second kappa shape index (κ2) is 8.49. The van der Waals surface area contributed by atoms with Crippen molar-refractivity contribution in [1.82, 2.24) is 14.8 Å². The molecular weight excluding hydrogens is 487 g/mol. The Hall–Kier alpha value is -3.73. The van der Waals surface area contributed by atoms with Gasteiger partial charge in [-0.25, -0.2) is 4.68 Å². The van der Waals surface area contributed by atoms with Crippen LogP contribution in [0.3, 0.4) is 0 Å². The fourth-order valence-corrected chi connectivity index (χ4v) is 4.15. The number of ether oxygens (including phenoxy) is 2. The lowest BCUT2D eigenvalue weighted by Gasteiger charge is -2.29. The first-order valence-corrected chi connectivity index (χ1v) is 11.0. The minimum atomic E-state index is -4.77. The number of benzene rings is 2. The molecule has 2 N–H and O–H groups in total. The largest absolute Gasteiger partial charge is 0.486 e. The maximum Gasteiger partial charge on any atom is 0.453 e. The number of aromatic nitrogens is 3. The molecule has 2 aliphatic heterocycles. The second-order valence-corrected chi connectivity index (χ2v) is 8.50. The van der Waals surface area contributed by atoms with Crippen LogP contribution in [0.5, 0.6) is 11.5 Å². The highest BCUT2D eigenvalue weighted by atomic mass is 35.5. The Bertz CT molecular complexity index is 1370. The predicted octanol–water partition coefficient (Wildman–Crippen LogP) is 4.96. The highest BCUT2D eigenvalue weighted by Gasteiger charge is 2.41. The molecule has 0 spiro atoms. The molecule has 12 heteroatoms. The number of amides is 1. The Morgan fingerprint density at radius 1 is 1.14 bits per heavy atom. The molecule has 0 aliphatic carbocycles. The summed E-state index contributed by atoms with van der Waals surface area (Å²) in [5.74, 6) is -1.06. The van der Waals surface area contributed by atoms with E-state index < -0.39 is 23.9 Å². The monoisotopic (exact) mass is 505 g/mol. The van der Waals surface area contributed by atoms with Gasteiger partial charge in [0.1, 0.15) is 19.3 Å². The van der Waals surface area contributed by atoms with Gasteiger partial charge < -0.3 is 20.1 Å². The number of carbonyl (C=O) groups excluding carboxylic acids is 1. The summed E-state index contributed by atoms with van der Waals surface area (Å²) < 4.78 is 52.6. The molecule has 3 aromatic rings. The Balaban J connectivity index is 1.60. The van der Waals surface area contributed by atoms with Crippen molar-refractivity contribution < 1.29 is 27.4 Å². The summed E-state index contributed by atoms with van der Waals surface area (Å²) in [7, 11) is 0. The van der Waals surface area contributed by atoms with E-state index in [-0.39, 0.29) is 11.5 Å². The molecule has 0 bridgehead atoms. The summed E-state index contributed by atoms with van der Waals surface area (Å²) in [5, 5.41) is 9.72. The summed E-state index contributed by atoms with van der Waals surface area (Å²) in [6.45, 7) is 4.13.